The lowest BCUT2D eigenvalue weighted by Gasteiger charge is -2.14. The van der Waals surface area contributed by atoms with Crippen molar-refractivity contribution in [2.75, 3.05) is 17.7 Å². The topological polar surface area (TPSA) is 111 Å². The second kappa shape index (κ2) is 8.50. The van der Waals surface area contributed by atoms with Gasteiger partial charge in [0, 0.05) is 29.3 Å². The molecule has 0 radical (unpaired) electrons. The van der Waals surface area contributed by atoms with Crippen LogP contribution in [0.1, 0.15) is 24.2 Å². The zero-order valence-corrected chi connectivity index (χ0v) is 15.7. The standard InChI is InChI=1S/C18H18ClN3O5/c1-10(2)17(23)21-14-7-5-12(9-16(14)27-3)20-18(24)11-4-6-13(19)15(8-11)22(25)26/h4-10H,1-3H3,(H,20,24)(H,21,23). The number of hydrogen-bond acceptors (Lipinski definition) is 5. The van der Waals surface area contributed by atoms with Crippen molar-refractivity contribution in [3.05, 3.63) is 57.1 Å². The number of nitro benzene ring substituents is 1. The largest absolute Gasteiger partial charge is 0.494 e. The van der Waals surface area contributed by atoms with E-state index in [9.17, 15) is 19.7 Å². The van der Waals surface area contributed by atoms with Gasteiger partial charge in [0.05, 0.1) is 17.7 Å². The van der Waals surface area contributed by atoms with Crippen LogP contribution < -0.4 is 15.4 Å². The van der Waals surface area contributed by atoms with Crippen molar-refractivity contribution in [3.63, 3.8) is 0 Å². The highest BCUT2D eigenvalue weighted by Gasteiger charge is 2.17. The molecule has 2 rings (SSSR count). The van der Waals surface area contributed by atoms with Gasteiger partial charge in [0.25, 0.3) is 11.6 Å². The van der Waals surface area contributed by atoms with Gasteiger partial charge in [-0.3, -0.25) is 19.7 Å². The Morgan fingerprint density at radius 2 is 1.85 bits per heavy atom. The number of nitrogens with one attached hydrogen (secondary N) is 2. The predicted molar refractivity (Wildman–Crippen MR) is 103 cm³/mol. The van der Waals surface area contributed by atoms with E-state index in [1.165, 1.54) is 25.3 Å². The zero-order valence-electron chi connectivity index (χ0n) is 14.9. The van der Waals surface area contributed by atoms with Gasteiger partial charge in [-0.15, -0.1) is 0 Å². The van der Waals surface area contributed by atoms with E-state index in [1.54, 1.807) is 26.0 Å². The first-order chi connectivity index (χ1) is 12.7. The van der Waals surface area contributed by atoms with Crippen LogP contribution in [0.25, 0.3) is 0 Å². The summed E-state index contributed by atoms with van der Waals surface area (Å²) in [4.78, 5) is 34.5. The highest BCUT2D eigenvalue weighted by atomic mass is 35.5. The average molecular weight is 392 g/mol. The molecule has 0 aromatic heterocycles. The van der Waals surface area contributed by atoms with Crippen LogP contribution in [-0.2, 0) is 4.79 Å². The maximum atomic E-state index is 12.4. The minimum Gasteiger partial charge on any atom is -0.494 e. The molecule has 0 aliphatic carbocycles. The molecule has 0 bridgehead atoms. The molecule has 0 unspecified atom stereocenters. The van der Waals surface area contributed by atoms with E-state index in [-0.39, 0.29) is 28.1 Å². The fourth-order valence-electron chi connectivity index (χ4n) is 2.15. The van der Waals surface area contributed by atoms with Crippen LogP contribution in [0.15, 0.2) is 36.4 Å². The number of amides is 2. The summed E-state index contributed by atoms with van der Waals surface area (Å²) in [7, 11) is 1.44. The molecule has 0 aliphatic heterocycles. The quantitative estimate of drug-likeness (QED) is 0.568. The van der Waals surface area contributed by atoms with Crippen molar-refractivity contribution < 1.29 is 19.2 Å². The molecule has 27 heavy (non-hydrogen) atoms. The van der Waals surface area contributed by atoms with E-state index in [4.69, 9.17) is 16.3 Å². The molecule has 0 fully saturated rings. The maximum Gasteiger partial charge on any atom is 0.288 e. The van der Waals surface area contributed by atoms with Gasteiger partial charge >= 0.3 is 0 Å². The second-order valence-corrected chi connectivity index (χ2v) is 6.34. The number of rotatable bonds is 6. The van der Waals surface area contributed by atoms with Crippen molar-refractivity contribution in [3.8, 4) is 5.75 Å². The number of methoxy groups -OCH3 is 1. The summed E-state index contributed by atoms with van der Waals surface area (Å²) in [5.74, 6) is -0.548. The lowest BCUT2D eigenvalue weighted by atomic mass is 10.1. The summed E-state index contributed by atoms with van der Waals surface area (Å²) < 4.78 is 5.25. The number of carbonyl (C=O) groups is 2. The molecule has 0 aliphatic rings. The number of nitro groups is 1. The number of halogens is 1. The van der Waals surface area contributed by atoms with Gasteiger partial charge in [-0.25, -0.2) is 0 Å². The van der Waals surface area contributed by atoms with Gasteiger partial charge in [0.1, 0.15) is 10.8 Å². The predicted octanol–water partition coefficient (Wildman–Crippen LogP) is 4.10. The monoisotopic (exact) mass is 391 g/mol. The van der Waals surface area contributed by atoms with E-state index >= 15 is 0 Å². The highest BCUT2D eigenvalue weighted by molar-refractivity contribution is 6.32. The van der Waals surface area contributed by atoms with Crippen LogP contribution in [0.3, 0.4) is 0 Å². The van der Waals surface area contributed by atoms with Gasteiger partial charge < -0.3 is 15.4 Å². The third kappa shape index (κ3) is 4.95. The van der Waals surface area contributed by atoms with Crippen LogP contribution >= 0.6 is 11.6 Å². The molecular weight excluding hydrogens is 374 g/mol. The Morgan fingerprint density at radius 3 is 2.44 bits per heavy atom. The Morgan fingerprint density at radius 1 is 1.15 bits per heavy atom. The van der Waals surface area contributed by atoms with Crippen LogP contribution in [-0.4, -0.2) is 23.8 Å². The molecule has 142 valence electrons. The Hall–Kier alpha value is -3.13. The summed E-state index contributed by atoms with van der Waals surface area (Å²) in [5, 5.41) is 16.3. The Kier molecular flexibility index (Phi) is 6.36. The van der Waals surface area contributed by atoms with Crippen molar-refractivity contribution >= 4 is 40.5 Å². The van der Waals surface area contributed by atoms with Crippen molar-refractivity contribution in [2.24, 2.45) is 5.92 Å². The highest BCUT2D eigenvalue weighted by Crippen LogP contribution is 2.29. The number of ether oxygens (including phenoxy) is 1. The van der Waals surface area contributed by atoms with Gasteiger partial charge in [0.2, 0.25) is 5.91 Å². The number of nitrogens with zero attached hydrogens (tertiary/aromatic N) is 1. The lowest BCUT2D eigenvalue weighted by Crippen LogP contribution is -2.18. The van der Waals surface area contributed by atoms with E-state index in [1.807, 2.05) is 0 Å². The lowest BCUT2D eigenvalue weighted by molar-refractivity contribution is -0.384. The molecule has 0 atom stereocenters. The van der Waals surface area contributed by atoms with Crippen LogP contribution in [0, 0.1) is 16.0 Å². The first kappa shape index (κ1) is 20.2. The summed E-state index contributed by atoms with van der Waals surface area (Å²) in [6.07, 6.45) is 0. The van der Waals surface area contributed by atoms with Gasteiger partial charge in [-0.05, 0) is 24.3 Å². The molecule has 0 saturated heterocycles. The summed E-state index contributed by atoms with van der Waals surface area (Å²) in [6, 6.07) is 8.50. The molecule has 2 aromatic rings. The maximum absolute atomic E-state index is 12.4. The minimum atomic E-state index is -0.658. The van der Waals surface area contributed by atoms with Crippen molar-refractivity contribution in [1.29, 1.82) is 0 Å². The molecule has 2 aromatic carbocycles. The zero-order chi connectivity index (χ0) is 20.1. The summed E-state index contributed by atoms with van der Waals surface area (Å²) >= 11 is 5.75. The fraction of sp³-hybridized carbons (Fsp3) is 0.222. The molecule has 0 saturated carbocycles. The summed E-state index contributed by atoms with van der Waals surface area (Å²) in [6.45, 7) is 3.53. The molecule has 8 nitrogen and oxygen atoms in total. The number of anilines is 2. The van der Waals surface area contributed by atoms with Gasteiger partial charge in [0.15, 0.2) is 0 Å². The van der Waals surface area contributed by atoms with Gasteiger partial charge in [-0.2, -0.15) is 0 Å². The first-order valence-electron chi connectivity index (χ1n) is 7.97. The Bertz CT molecular complexity index is 899. The number of hydrogen-bond donors (Lipinski definition) is 2. The second-order valence-electron chi connectivity index (χ2n) is 5.94. The van der Waals surface area contributed by atoms with Crippen LogP contribution in [0.4, 0.5) is 17.1 Å². The molecule has 2 N–H and O–H groups in total. The molecule has 9 heteroatoms. The van der Waals surface area contributed by atoms with E-state index in [2.05, 4.69) is 10.6 Å². The fourth-order valence-corrected chi connectivity index (χ4v) is 2.33. The Balaban J connectivity index is 2.22. The summed E-state index contributed by atoms with van der Waals surface area (Å²) in [5.41, 5.74) is 0.601. The normalized spacial score (nSPS) is 10.4. The SMILES string of the molecule is COc1cc(NC(=O)c2ccc(Cl)c([N+](=O)[O-])c2)ccc1NC(=O)C(C)C. The van der Waals surface area contributed by atoms with Crippen LogP contribution in [0.2, 0.25) is 5.02 Å². The van der Waals surface area contributed by atoms with Crippen molar-refractivity contribution in [1.82, 2.24) is 0 Å². The third-order valence-corrected chi connectivity index (χ3v) is 3.97. The third-order valence-electron chi connectivity index (χ3n) is 3.65. The Labute approximate surface area is 160 Å². The first-order valence-corrected chi connectivity index (χ1v) is 8.35. The smallest absolute Gasteiger partial charge is 0.288 e. The molecular formula is C18H18ClN3O5. The van der Waals surface area contributed by atoms with E-state index < -0.39 is 10.8 Å². The molecule has 0 spiro atoms. The number of benzene rings is 2. The molecule has 2 amide bonds. The van der Waals surface area contributed by atoms with Crippen molar-refractivity contribution in [2.45, 2.75) is 13.8 Å². The molecule has 0 heterocycles. The van der Waals surface area contributed by atoms with E-state index in [0.717, 1.165) is 6.07 Å². The average Bonchev–Trinajstić information content (AvgIpc) is 2.62. The number of carbonyl (C=O) groups excluding carboxylic acids is 2. The van der Waals surface area contributed by atoms with E-state index in [0.29, 0.717) is 17.1 Å². The van der Waals surface area contributed by atoms with Crippen LogP contribution in [0.5, 0.6) is 5.75 Å². The minimum absolute atomic E-state index is 0.0523. The van der Waals surface area contributed by atoms with Gasteiger partial charge in [-0.1, -0.05) is 25.4 Å².